The number of hydrogen-bond donors (Lipinski definition) is 0. The van der Waals surface area contributed by atoms with E-state index in [0.29, 0.717) is 19.4 Å². The first-order valence-electron chi connectivity index (χ1n) is 6.62. The van der Waals surface area contributed by atoms with Crippen LogP contribution >= 0.6 is 7.60 Å². The lowest BCUT2D eigenvalue weighted by molar-refractivity contribution is 0.207. The average Bonchev–Trinajstić information content (AvgIpc) is 2.36. The van der Waals surface area contributed by atoms with E-state index in [2.05, 4.69) is 6.92 Å². The molecule has 1 atom stereocenters. The third-order valence-electron chi connectivity index (χ3n) is 2.58. The highest BCUT2D eigenvalue weighted by Crippen LogP contribution is 2.51. The van der Waals surface area contributed by atoms with Crippen LogP contribution in [0.15, 0.2) is 30.3 Å². The van der Waals surface area contributed by atoms with Crippen molar-refractivity contribution in [3.05, 3.63) is 35.9 Å². The summed E-state index contributed by atoms with van der Waals surface area (Å²) < 4.78 is 23.4. The molecule has 3 nitrogen and oxygen atoms in total. The van der Waals surface area contributed by atoms with Crippen LogP contribution in [0.2, 0.25) is 0 Å². The molecule has 102 valence electrons. The zero-order valence-electron chi connectivity index (χ0n) is 11.3. The van der Waals surface area contributed by atoms with E-state index in [0.717, 1.165) is 24.8 Å². The summed E-state index contributed by atoms with van der Waals surface area (Å²) in [6.07, 6.45) is 3.51. The molecule has 0 N–H and O–H groups in total. The summed E-state index contributed by atoms with van der Waals surface area (Å²) >= 11 is 0. The Balaban J connectivity index is 2.54. The fourth-order valence-electron chi connectivity index (χ4n) is 1.69. The van der Waals surface area contributed by atoms with Crippen molar-refractivity contribution < 1.29 is 13.6 Å². The van der Waals surface area contributed by atoms with Gasteiger partial charge in [0.05, 0.1) is 19.4 Å². The molecule has 0 heterocycles. The maximum Gasteiger partial charge on any atom is 0.335 e. The molecule has 0 saturated carbocycles. The van der Waals surface area contributed by atoms with Gasteiger partial charge in [-0.2, -0.15) is 0 Å². The molecule has 1 aromatic carbocycles. The minimum absolute atomic E-state index is 0.355. The van der Waals surface area contributed by atoms with Gasteiger partial charge in [0.1, 0.15) is 0 Å². The second kappa shape index (κ2) is 8.47. The second-order valence-electron chi connectivity index (χ2n) is 4.21. The van der Waals surface area contributed by atoms with E-state index >= 15 is 0 Å². The Morgan fingerprint density at radius 3 is 2.39 bits per heavy atom. The van der Waals surface area contributed by atoms with E-state index in [1.54, 1.807) is 0 Å². The van der Waals surface area contributed by atoms with Crippen LogP contribution in [0.5, 0.6) is 0 Å². The van der Waals surface area contributed by atoms with E-state index < -0.39 is 7.60 Å². The van der Waals surface area contributed by atoms with Gasteiger partial charge >= 0.3 is 7.60 Å². The zero-order chi connectivity index (χ0) is 13.3. The molecule has 0 saturated heterocycles. The lowest BCUT2D eigenvalue weighted by Crippen LogP contribution is -2.00. The molecular weight excluding hydrogens is 247 g/mol. The van der Waals surface area contributed by atoms with Crippen molar-refractivity contribution in [1.82, 2.24) is 0 Å². The molecule has 0 spiro atoms. The molecular formula is C14H23O3P. The Hall–Kier alpha value is -0.630. The van der Waals surface area contributed by atoms with Crippen LogP contribution in [0.3, 0.4) is 0 Å². The lowest BCUT2D eigenvalue weighted by atomic mass is 10.2. The molecule has 4 heteroatoms. The summed E-state index contributed by atoms with van der Waals surface area (Å²) in [5, 5.41) is 0. The average molecular weight is 270 g/mol. The van der Waals surface area contributed by atoms with Crippen molar-refractivity contribution in [1.29, 1.82) is 0 Å². The van der Waals surface area contributed by atoms with Crippen LogP contribution in [-0.2, 0) is 19.8 Å². The molecule has 18 heavy (non-hydrogen) atoms. The molecule has 1 unspecified atom stereocenters. The van der Waals surface area contributed by atoms with Crippen molar-refractivity contribution >= 4 is 7.60 Å². The number of unbranched alkanes of at least 4 members (excludes halogenated alkanes) is 2. The van der Waals surface area contributed by atoms with E-state index in [4.69, 9.17) is 9.05 Å². The molecule has 0 aromatic heterocycles. The normalized spacial score (nSPS) is 14.3. The summed E-state index contributed by atoms with van der Waals surface area (Å²) in [6, 6.07) is 9.70. The highest BCUT2D eigenvalue weighted by atomic mass is 31.2. The predicted octanol–water partition coefficient (Wildman–Crippen LogP) is 4.62. The first-order chi connectivity index (χ1) is 8.70. The lowest BCUT2D eigenvalue weighted by Gasteiger charge is -2.17. The van der Waals surface area contributed by atoms with Crippen molar-refractivity contribution in [2.45, 2.75) is 39.3 Å². The monoisotopic (exact) mass is 270 g/mol. The molecule has 0 amide bonds. The molecule has 1 rings (SSSR count). The van der Waals surface area contributed by atoms with Gasteiger partial charge in [0, 0.05) is 0 Å². The van der Waals surface area contributed by atoms with Gasteiger partial charge in [-0.05, 0) is 18.9 Å². The predicted molar refractivity (Wildman–Crippen MR) is 74.9 cm³/mol. The minimum atomic E-state index is -2.98. The van der Waals surface area contributed by atoms with Crippen LogP contribution in [0.4, 0.5) is 0 Å². The summed E-state index contributed by atoms with van der Waals surface area (Å²) in [5.74, 6) is 0. The van der Waals surface area contributed by atoms with Gasteiger partial charge < -0.3 is 9.05 Å². The number of benzene rings is 1. The first kappa shape index (κ1) is 15.4. The quantitative estimate of drug-likeness (QED) is 0.485. The zero-order valence-corrected chi connectivity index (χ0v) is 12.2. The topological polar surface area (TPSA) is 35.5 Å². The summed E-state index contributed by atoms with van der Waals surface area (Å²) in [5.41, 5.74) is 0.991. The van der Waals surface area contributed by atoms with Crippen LogP contribution in [0.25, 0.3) is 0 Å². The van der Waals surface area contributed by atoms with Gasteiger partial charge in [-0.1, -0.05) is 50.1 Å². The van der Waals surface area contributed by atoms with Gasteiger partial charge in [-0.3, -0.25) is 4.57 Å². The standard InChI is InChI=1S/C14H23O3P/c1-3-5-9-12-17-18(15,16-4-2)13-14-10-7-6-8-11-14/h6-8,10-11H,3-5,9,12-13H2,1-2H3. The number of rotatable bonds is 9. The SMILES string of the molecule is CCCCCOP(=O)(Cc1ccccc1)OCC. The first-order valence-corrected chi connectivity index (χ1v) is 8.35. The smallest absolute Gasteiger partial charge is 0.309 e. The van der Waals surface area contributed by atoms with E-state index in [-0.39, 0.29) is 0 Å². The van der Waals surface area contributed by atoms with Crippen molar-refractivity contribution in [3.8, 4) is 0 Å². The summed E-state index contributed by atoms with van der Waals surface area (Å²) in [4.78, 5) is 0. The van der Waals surface area contributed by atoms with Gasteiger partial charge in [0.25, 0.3) is 0 Å². The summed E-state index contributed by atoms with van der Waals surface area (Å²) in [7, 11) is -2.98. The molecule has 0 aliphatic carbocycles. The third-order valence-corrected chi connectivity index (χ3v) is 4.56. The fourth-order valence-corrected chi connectivity index (χ4v) is 3.40. The minimum Gasteiger partial charge on any atom is -0.309 e. The van der Waals surface area contributed by atoms with E-state index in [9.17, 15) is 4.57 Å². The summed E-state index contributed by atoms with van der Waals surface area (Å²) in [6.45, 7) is 4.90. The Morgan fingerprint density at radius 1 is 1.06 bits per heavy atom. The van der Waals surface area contributed by atoms with E-state index in [1.165, 1.54) is 0 Å². The molecule has 0 fully saturated rings. The second-order valence-corrected chi connectivity index (χ2v) is 6.27. The van der Waals surface area contributed by atoms with Crippen LogP contribution in [0.1, 0.15) is 38.7 Å². The Bertz CT molecular complexity index is 365. The van der Waals surface area contributed by atoms with Crippen LogP contribution in [0, 0.1) is 0 Å². The van der Waals surface area contributed by atoms with Gasteiger partial charge in [0.2, 0.25) is 0 Å². The van der Waals surface area contributed by atoms with E-state index in [1.807, 2.05) is 37.3 Å². The van der Waals surface area contributed by atoms with Gasteiger partial charge in [-0.25, -0.2) is 0 Å². The highest BCUT2D eigenvalue weighted by molar-refractivity contribution is 7.53. The maximum atomic E-state index is 12.5. The van der Waals surface area contributed by atoms with Crippen molar-refractivity contribution in [2.24, 2.45) is 0 Å². The molecule has 0 aliphatic rings. The van der Waals surface area contributed by atoms with Gasteiger partial charge in [-0.15, -0.1) is 0 Å². The Kier molecular flexibility index (Phi) is 7.26. The largest absolute Gasteiger partial charge is 0.335 e. The maximum absolute atomic E-state index is 12.5. The molecule has 0 bridgehead atoms. The third kappa shape index (κ3) is 5.81. The van der Waals surface area contributed by atoms with Crippen molar-refractivity contribution in [2.75, 3.05) is 13.2 Å². The Morgan fingerprint density at radius 2 is 1.78 bits per heavy atom. The van der Waals surface area contributed by atoms with Gasteiger partial charge in [0.15, 0.2) is 0 Å². The highest BCUT2D eigenvalue weighted by Gasteiger charge is 2.24. The van der Waals surface area contributed by atoms with Crippen LogP contribution in [-0.4, -0.2) is 13.2 Å². The molecule has 0 aliphatic heterocycles. The van der Waals surface area contributed by atoms with Crippen LogP contribution < -0.4 is 0 Å². The van der Waals surface area contributed by atoms with Crippen molar-refractivity contribution in [3.63, 3.8) is 0 Å². The molecule has 0 radical (unpaired) electrons. The molecule has 1 aromatic rings. The fraction of sp³-hybridized carbons (Fsp3) is 0.571. The number of hydrogen-bond acceptors (Lipinski definition) is 3. The Labute approximate surface area is 110 Å².